The number of alkyl halides is 2. The Morgan fingerprint density at radius 3 is 1.06 bits per heavy atom. The smallest absolute Gasteiger partial charge is 0.467 e. The van der Waals surface area contributed by atoms with Crippen LogP contribution in [0.15, 0.2) is 132 Å². The average Bonchev–Trinajstić information content (AvgIpc) is 1.55. The second-order valence-corrected chi connectivity index (χ2v) is 34.7. The monoisotopic (exact) mass is 1310 g/mol. The Kier molecular flexibility index (Phi) is 12.9. The molecule has 1 atom stereocenters. The number of fused-ring (bicyclic) bond motifs is 24. The summed E-state index contributed by atoms with van der Waals surface area (Å²) >= 11 is 0. The first-order valence-electron chi connectivity index (χ1n) is 34.1. The first-order valence-corrected chi connectivity index (χ1v) is 34.1. The van der Waals surface area contributed by atoms with Crippen molar-refractivity contribution in [3.63, 3.8) is 0 Å². The van der Waals surface area contributed by atoms with Gasteiger partial charge in [0, 0.05) is 32.4 Å². The maximum Gasteiger partial charge on any atom is 0.467 e. The highest BCUT2D eigenvalue weighted by Gasteiger charge is 2.59. The predicted molar refractivity (Wildman–Crippen MR) is 382 cm³/mol. The second kappa shape index (κ2) is 20.0. The highest BCUT2D eigenvalue weighted by Crippen LogP contribution is 2.69. The summed E-state index contributed by atoms with van der Waals surface area (Å²) in [4.78, 5) is 21.2. The van der Waals surface area contributed by atoms with Crippen LogP contribution in [0, 0.1) is 39.1 Å². The van der Waals surface area contributed by atoms with Crippen LogP contribution in [0.1, 0.15) is 174 Å². The molecule has 9 aromatic carbocycles. The van der Waals surface area contributed by atoms with Crippen LogP contribution in [0.3, 0.4) is 0 Å². The minimum atomic E-state index is -4.45. The van der Waals surface area contributed by atoms with Gasteiger partial charge < -0.3 is 25.3 Å². The molecule has 10 aromatic rings. The molecular weight excluding hydrogens is 1220 g/mol. The molecule has 11 nitrogen and oxygen atoms in total. The molecule has 1 aromatic heterocycles. The molecule has 3 heterocycles. The Morgan fingerprint density at radius 1 is 0.412 bits per heavy atom. The highest BCUT2D eigenvalue weighted by atomic mass is 19.3. The third kappa shape index (κ3) is 9.26. The Balaban J connectivity index is 0.000000114. The molecule has 1 unspecified atom stereocenters. The van der Waals surface area contributed by atoms with Crippen LogP contribution in [0.25, 0.3) is 81.6 Å². The number of nitrogens with zero attached hydrogens (tertiary/aromatic N) is 3. The first kappa shape index (κ1) is 62.6. The van der Waals surface area contributed by atoms with Crippen molar-refractivity contribution in [1.29, 1.82) is 0 Å². The fourth-order valence-corrected chi connectivity index (χ4v) is 22.4. The molecule has 3 spiro atoms. The summed E-state index contributed by atoms with van der Waals surface area (Å²) < 4.78 is 57.0. The molecule has 0 bridgehead atoms. The maximum absolute atomic E-state index is 14.5. The fourth-order valence-electron chi connectivity index (χ4n) is 22.4. The van der Waals surface area contributed by atoms with Crippen molar-refractivity contribution < 1.29 is 33.1 Å². The number of aromatic nitrogens is 2. The Bertz CT molecular complexity index is 5150. The van der Waals surface area contributed by atoms with Crippen LogP contribution >= 0.6 is 0 Å². The third-order valence-electron chi connectivity index (χ3n) is 23.1. The van der Waals surface area contributed by atoms with E-state index < -0.39 is 34.1 Å². The number of phenolic OH excluding ortho intramolecular Hbond substituents is 3. The number of aromatic amines is 2. The molecule has 15 heteroatoms. The molecule has 3 fully saturated rings. The van der Waals surface area contributed by atoms with Gasteiger partial charge in [-0.1, -0.05) is 165 Å². The van der Waals surface area contributed by atoms with Gasteiger partial charge in [-0.25, -0.2) is 11.4 Å². The topological polar surface area (TPSA) is 144 Å². The van der Waals surface area contributed by atoms with E-state index in [2.05, 4.69) is 169 Å². The number of hydrogen-bond acceptors (Lipinski definition) is 8. The standard InChI is InChI=1S/C28H29N3O.C27H26F4N2O.C27H28N2O2/c1-26(2)13-27(3,4)15-28(14-26)19-9-7-6-8-16(19)24-18-11-22-21(30-25(29-5)31-22)10-17(18)23(32)12-20(24)28;1-24(2)12-25(3,4)14-26(13-24)18-8-6-5-7-15(18)23-17-10-21-20(32(30)27(28,29)33(21)31)9-16(17)22(34)11-19(23)26;1-25(2)12-26(3,4)14-27(13-25)18-8-6-5-7-15(18)23-17-10-21-20(28-24(31)29-21)9-16(17)22(30)11-19(23)27/h6-12,25,30-32H,13-15H2,1-4H3;5-11,34H,12-14H2,1-4H3;5-11,30H,12-14H2,1-4H3,(H2,28,29,31). The van der Waals surface area contributed by atoms with Gasteiger partial charge in [0.15, 0.2) is 0 Å². The van der Waals surface area contributed by atoms with E-state index in [9.17, 15) is 37.9 Å². The first-order chi connectivity index (χ1) is 45.5. The van der Waals surface area contributed by atoms with Crippen molar-refractivity contribution in [2.45, 2.75) is 170 Å². The van der Waals surface area contributed by atoms with Crippen LogP contribution < -0.4 is 26.6 Å². The van der Waals surface area contributed by atoms with Gasteiger partial charge in [0.05, 0.1) is 22.4 Å². The molecule has 0 amide bonds. The van der Waals surface area contributed by atoms with E-state index in [1.807, 2.05) is 48.5 Å². The van der Waals surface area contributed by atoms with Gasteiger partial charge in [-0.05, 0) is 228 Å². The Morgan fingerprint density at radius 2 is 0.701 bits per heavy atom. The summed E-state index contributed by atoms with van der Waals surface area (Å²) in [6.07, 6.45) is 4.48. The fraction of sp³-hybridized carbons (Fsp3) is 0.390. The van der Waals surface area contributed by atoms with Crippen molar-refractivity contribution in [3.05, 3.63) is 183 Å². The number of phenols is 3. The summed E-state index contributed by atoms with van der Waals surface area (Å²) in [6.45, 7) is 35.5. The lowest BCUT2D eigenvalue weighted by Crippen LogP contribution is -2.43. The summed E-state index contributed by atoms with van der Waals surface area (Å²) in [6, 6.07) is 41.7. The predicted octanol–water partition coefficient (Wildman–Crippen LogP) is 21.3. The molecule has 0 radical (unpaired) electrons. The normalized spacial score (nSPS) is 22.0. The van der Waals surface area contributed by atoms with Crippen molar-refractivity contribution in [3.8, 4) is 50.6 Å². The van der Waals surface area contributed by atoms with Gasteiger partial charge in [-0.2, -0.15) is 8.78 Å². The van der Waals surface area contributed by atoms with Crippen LogP contribution in [0.5, 0.6) is 17.2 Å². The Hall–Kier alpha value is -9.16. The van der Waals surface area contributed by atoms with Gasteiger partial charge in [0.2, 0.25) is 0 Å². The van der Waals surface area contributed by atoms with Crippen molar-refractivity contribution >= 4 is 66.1 Å². The average molecular weight is 1310 g/mol. The van der Waals surface area contributed by atoms with Crippen LogP contribution in [0.4, 0.5) is 40.5 Å². The molecular formula is C82H83F4N7O4. The van der Waals surface area contributed by atoms with Gasteiger partial charge in [0.25, 0.3) is 0 Å². The highest BCUT2D eigenvalue weighted by molar-refractivity contribution is 6.12. The number of anilines is 4. The molecule has 0 saturated heterocycles. The molecule has 6 aliphatic carbocycles. The maximum atomic E-state index is 14.5. The molecule has 2 aliphatic heterocycles. The molecule has 7 N–H and O–H groups in total. The van der Waals surface area contributed by atoms with Crippen LogP contribution in [0.2, 0.25) is 0 Å². The van der Waals surface area contributed by atoms with Gasteiger partial charge in [0.1, 0.15) is 28.6 Å². The minimum Gasteiger partial charge on any atom is -0.507 e. The van der Waals surface area contributed by atoms with Gasteiger partial charge in [-0.3, -0.25) is 15.5 Å². The lowest BCUT2D eigenvalue weighted by Gasteiger charge is -2.51. The van der Waals surface area contributed by atoms with Crippen LogP contribution in [-0.2, 0) is 16.2 Å². The summed E-state index contributed by atoms with van der Waals surface area (Å²) in [7, 11) is 0. The quantitative estimate of drug-likeness (QED) is 0.0344. The zero-order chi connectivity index (χ0) is 68.6. The SMILES string of the molecule is CC1(C)CC(C)(C)CC2(C1)c1ccccc1-c1c2cc(O)c2cc3[nH]c(=O)[nH]c3cc12.CC1(C)CC(C)(C)CC2(C1)c1ccccc1-c1c2cc(O)c2cc3c(cc12)N(F)C(F)(F)N3F.[C-]#[N+]C1Nc2cc3c(O)cc4c(c3cc2N1)-c1ccccc1C41CC(C)(C)CC(C)(C)C1. The number of rotatable bonds is 0. The van der Waals surface area contributed by atoms with Gasteiger partial charge >= 0.3 is 18.1 Å². The number of H-pyrrole nitrogens is 2. The van der Waals surface area contributed by atoms with E-state index in [1.165, 1.54) is 63.4 Å². The van der Waals surface area contributed by atoms with E-state index in [-0.39, 0.29) is 71.3 Å². The Labute approximate surface area is 562 Å². The molecule has 18 rings (SSSR count). The summed E-state index contributed by atoms with van der Waals surface area (Å²) in [5.41, 5.74) is 16.2. The van der Waals surface area contributed by atoms with E-state index in [4.69, 9.17) is 6.57 Å². The molecule has 8 aliphatic rings. The second-order valence-electron chi connectivity index (χ2n) is 34.7. The zero-order valence-electron chi connectivity index (χ0n) is 57.2. The molecule has 97 heavy (non-hydrogen) atoms. The minimum absolute atomic E-state index is 0.0194. The number of imidazole rings is 1. The molecule has 498 valence electrons. The lowest BCUT2D eigenvalue weighted by atomic mass is 9.52. The van der Waals surface area contributed by atoms with E-state index in [1.54, 1.807) is 6.07 Å². The van der Waals surface area contributed by atoms with E-state index in [0.717, 1.165) is 112 Å². The number of halogens is 4. The number of hydrogen-bond donors (Lipinski definition) is 7. The number of aromatic hydroxyl groups is 3. The number of benzene rings is 9. The lowest BCUT2D eigenvalue weighted by molar-refractivity contribution is -0.0660. The van der Waals surface area contributed by atoms with Gasteiger partial charge in [-0.15, -0.1) is 10.2 Å². The third-order valence-corrected chi connectivity index (χ3v) is 23.1. The van der Waals surface area contributed by atoms with Crippen molar-refractivity contribution in [2.24, 2.45) is 32.5 Å². The number of nitrogens with one attached hydrogen (secondary N) is 4. The summed E-state index contributed by atoms with van der Waals surface area (Å²) in [5.74, 6) is 0.480. The van der Waals surface area contributed by atoms with Crippen molar-refractivity contribution in [2.75, 3.05) is 20.9 Å². The summed E-state index contributed by atoms with van der Waals surface area (Å²) in [5, 5.41) is 42.5. The van der Waals surface area contributed by atoms with E-state index in [0.29, 0.717) is 16.7 Å². The largest absolute Gasteiger partial charge is 0.507 e. The van der Waals surface area contributed by atoms with E-state index >= 15 is 0 Å². The van der Waals surface area contributed by atoms with Crippen molar-refractivity contribution in [1.82, 2.24) is 9.97 Å². The van der Waals surface area contributed by atoms with Crippen LogP contribution in [-0.4, -0.2) is 37.7 Å². The molecule has 3 saturated carbocycles. The zero-order valence-corrected chi connectivity index (χ0v) is 57.2.